The lowest BCUT2D eigenvalue weighted by atomic mass is 9.95. The molecule has 1 fully saturated rings. The third-order valence-corrected chi connectivity index (χ3v) is 4.57. The van der Waals surface area contributed by atoms with Gasteiger partial charge in [0.2, 0.25) is 0 Å². The van der Waals surface area contributed by atoms with Crippen molar-refractivity contribution in [1.29, 1.82) is 0 Å². The standard InChI is InChI=1S/C15H23BrN2/c1-3-12-5-4-8-18(10-12)15-7-6-13(11(2)17)9-14(15)16/h6-7,9,11-12H,3-5,8,10,17H2,1-2H3. The first-order chi connectivity index (χ1) is 8.61. The summed E-state index contributed by atoms with van der Waals surface area (Å²) in [5, 5.41) is 0. The molecule has 1 aliphatic rings. The van der Waals surface area contributed by atoms with E-state index in [0.717, 1.165) is 5.92 Å². The quantitative estimate of drug-likeness (QED) is 0.911. The van der Waals surface area contributed by atoms with E-state index in [-0.39, 0.29) is 6.04 Å². The highest BCUT2D eigenvalue weighted by Crippen LogP contribution is 2.32. The molecule has 0 saturated carbocycles. The highest BCUT2D eigenvalue weighted by atomic mass is 79.9. The van der Waals surface area contributed by atoms with E-state index < -0.39 is 0 Å². The number of halogens is 1. The smallest absolute Gasteiger partial charge is 0.0510 e. The van der Waals surface area contributed by atoms with Gasteiger partial charge in [-0.25, -0.2) is 0 Å². The maximum atomic E-state index is 5.92. The molecule has 1 aliphatic heterocycles. The third kappa shape index (κ3) is 3.07. The predicted octanol–water partition coefficient (Wildman–Crippen LogP) is 4.10. The Labute approximate surface area is 119 Å². The Kier molecular flexibility index (Phi) is 4.68. The molecular weight excluding hydrogens is 288 g/mol. The average Bonchev–Trinajstić information content (AvgIpc) is 2.38. The molecular formula is C15H23BrN2. The Balaban J connectivity index is 2.17. The van der Waals surface area contributed by atoms with Crippen LogP contribution in [0.15, 0.2) is 22.7 Å². The van der Waals surface area contributed by atoms with Crippen LogP contribution in [0, 0.1) is 5.92 Å². The van der Waals surface area contributed by atoms with Crippen LogP contribution in [0.25, 0.3) is 0 Å². The maximum absolute atomic E-state index is 5.92. The molecule has 1 aromatic rings. The first-order valence-corrected chi connectivity index (χ1v) is 7.71. The van der Waals surface area contributed by atoms with Crippen molar-refractivity contribution in [1.82, 2.24) is 0 Å². The summed E-state index contributed by atoms with van der Waals surface area (Å²) in [6, 6.07) is 6.62. The van der Waals surface area contributed by atoms with Gasteiger partial charge in [-0.1, -0.05) is 19.4 Å². The van der Waals surface area contributed by atoms with Gasteiger partial charge in [-0.15, -0.1) is 0 Å². The molecule has 0 spiro atoms. The average molecular weight is 311 g/mol. The number of nitrogens with two attached hydrogens (primary N) is 1. The van der Waals surface area contributed by atoms with Crippen molar-refractivity contribution in [2.75, 3.05) is 18.0 Å². The molecule has 100 valence electrons. The van der Waals surface area contributed by atoms with Gasteiger partial charge in [-0.3, -0.25) is 0 Å². The van der Waals surface area contributed by atoms with Gasteiger partial charge in [0.05, 0.1) is 5.69 Å². The summed E-state index contributed by atoms with van der Waals surface area (Å²) in [6.45, 7) is 6.68. The fourth-order valence-electron chi connectivity index (χ4n) is 2.68. The second-order valence-corrected chi connectivity index (χ2v) is 6.22. The van der Waals surface area contributed by atoms with Crippen molar-refractivity contribution in [3.8, 4) is 0 Å². The fraction of sp³-hybridized carbons (Fsp3) is 0.600. The third-order valence-electron chi connectivity index (χ3n) is 3.93. The molecule has 0 aromatic heterocycles. The molecule has 2 unspecified atom stereocenters. The number of rotatable bonds is 3. The Bertz CT molecular complexity index is 403. The maximum Gasteiger partial charge on any atom is 0.0510 e. The second-order valence-electron chi connectivity index (χ2n) is 5.36. The predicted molar refractivity (Wildman–Crippen MR) is 82.0 cm³/mol. The minimum Gasteiger partial charge on any atom is -0.370 e. The van der Waals surface area contributed by atoms with Crippen LogP contribution in [0.3, 0.4) is 0 Å². The monoisotopic (exact) mass is 310 g/mol. The fourth-order valence-corrected chi connectivity index (χ4v) is 3.33. The summed E-state index contributed by atoms with van der Waals surface area (Å²) in [5.41, 5.74) is 8.43. The number of anilines is 1. The molecule has 2 rings (SSSR count). The molecule has 2 N–H and O–H groups in total. The molecule has 0 aliphatic carbocycles. The van der Waals surface area contributed by atoms with Gasteiger partial charge in [0.25, 0.3) is 0 Å². The van der Waals surface area contributed by atoms with E-state index in [1.54, 1.807) is 0 Å². The summed E-state index contributed by atoms with van der Waals surface area (Å²) < 4.78 is 1.18. The van der Waals surface area contributed by atoms with Gasteiger partial charge in [-0.05, 0) is 59.3 Å². The largest absolute Gasteiger partial charge is 0.370 e. The molecule has 1 aromatic carbocycles. The van der Waals surface area contributed by atoms with Gasteiger partial charge in [0.1, 0.15) is 0 Å². The van der Waals surface area contributed by atoms with Crippen molar-refractivity contribution < 1.29 is 0 Å². The van der Waals surface area contributed by atoms with Gasteiger partial charge < -0.3 is 10.6 Å². The Morgan fingerprint density at radius 1 is 1.50 bits per heavy atom. The van der Waals surface area contributed by atoms with Gasteiger partial charge in [-0.2, -0.15) is 0 Å². The highest BCUT2D eigenvalue weighted by molar-refractivity contribution is 9.10. The van der Waals surface area contributed by atoms with Gasteiger partial charge >= 0.3 is 0 Å². The van der Waals surface area contributed by atoms with E-state index in [4.69, 9.17) is 5.73 Å². The molecule has 0 bridgehead atoms. The zero-order valence-electron chi connectivity index (χ0n) is 11.3. The minimum absolute atomic E-state index is 0.0973. The normalized spacial score (nSPS) is 22.0. The number of nitrogens with zero attached hydrogens (tertiary/aromatic N) is 1. The summed E-state index contributed by atoms with van der Waals surface area (Å²) in [6.07, 6.45) is 3.97. The zero-order valence-corrected chi connectivity index (χ0v) is 12.9. The van der Waals surface area contributed by atoms with Crippen LogP contribution in [0.4, 0.5) is 5.69 Å². The van der Waals surface area contributed by atoms with E-state index in [9.17, 15) is 0 Å². The highest BCUT2D eigenvalue weighted by Gasteiger charge is 2.20. The number of hydrogen-bond acceptors (Lipinski definition) is 2. The van der Waals surface area contributed by atoms with Gasteiger partial charge in [0, 0.05) is 23.6 Å². The first-order valence-electron chi connectivity index (χ1n) is 6.91. The summed E-state index contributed by atoms with van der Waals surface area (Å²) in [7, 11) is 0. The van der Waals surface area contributed by atoms with Crippen molar-refractivity contribution in [3.05, 3.63) is 28.2 Å². The Morgan fingerprint density at radius 2 is 2.28 bits per heavy atom. The van der Waals surface area contributed by atoms with Crippen molar-refractivity contribution in [3.63, 3.8) is 0 Å². The van der Waals surface area contributed by atoms with Gasteiger partial charge in [0.15, 0.2) is 0 Å². The van der Waals surface area contributed by atoms with E-state index in [1.165, 1.54) is 48.1 Å². The lowest BCUT2D eigenvalue weighted by Crippen LogP contribution is -2.35. The topological polar surface area (TPSA) is 29.3 Å². The second kappa shape index (κ2) is 6.07. The van der Waals surface area contributed by atoms with E-state index in [1.807, 2.05) is 6.92 Å². The van der Waals surface area contributed by atoms with E-state index in [0.29, 0.717) is 0 Å². The molecule has 1 saturated heterocycles. The van der Waals surface area contributed by atoms with E-state index >= 15 is 0 Å². The first kappa shape index (κ1) is 13.9. The lowest BCUT2D eigenvalue weighted by molar-refractivity contribution is 0.404. The minimum atomic E-state index is 0.0973. The SMILES string of the molecule is CCC1CCCN(c2ccc(C(C)N)cc2Br)C1. The summed E-state index contributed by atoms with van der Waals surface area (Å²) >= 11 is 3.70. The van der Waals surface area contributed by atoms with Crippen molar-refractivity contribution in [2.24, 2.45) is 11.7 Å². The molecule has 2 nitrogen and oxygen atoms in total. The summed E-state index contributed by atoms with van der Waals surface area (Å²) in [5.74, 6) is 0.846. The molecule has 3 heteroatoms. The molecule has 18 heavy (non-hydrogen) atoms. The summed E-state index contributed by atoms with van der Waals surface area (Å²) in [4.78, 5) is 2.51. The lowest BCUT2D eigenvalue weighted by Gasteiger charge is -2.34. The van der Waals surface area contributed by atoms with E-state index in [2.05, 4.69) is 46.0 Å². The van der Waals surface area contributed by atoms with Crippen LogP contribution < -0.4 is 10.6 Å². The van der Waals surface area contributed by atoms with Crippen LogP contribution in [-0.4, -0.2) is 13.1 Å². The number of piperidine rings is 1. The van der Waals surface area contributed by atoms with Crippen LogP contribution in [0.5, 0.6) is 0 Å². The molecule has 0 radical (unpaired) electrons. The van der Waals surface area contributed by atoms with Crippen LogP contribution in [-0.2, 0) is 0 Å². The molecule has 0 amide bonds. The van der Waals surface area contributed by atoms with Crippen LogP contribution in [0.2, 0.25) is 0 Å². The zero-order chi connectivity index (χ0) is 13.1. The van der Waals surface area contributed by atoms with Crippen LogP contribution >= 0.6 is 15.9 Å². The molecule has 1 heterocycles. The number of benzene rings is 1. The van der Waals surface area contributed by atoms with Crippen molar-refractivity contribution in [2.45, 2.75) is 39.2 Å². The van der Waals surface area contributed by atoms with Crippen LogP contribution in [0.1, 0.15) is 44.7 Å². The molecule has 2 atom stereocenters. The van der Waals surface area contributed by atoms with Crippen molar-refractivity contribution >= 4 is 21.6 Å². The Morgan fingerprint density at radius 3 is 2.89 bits per heavy atom. The Hall–Kier alpha value is -0.540. The number of hydrogen-bond donors (Lipinski definition) is 1.